The number of halogens is 5. The zero-order valence-corrected chi connectivity index (χ0v) is 18.4. The first-order valence-corrected chi connectivity index (χ1v) is 10.5. The molecule has 4 rings (SSSR count). The first-order chi connectivity index (χ1) is 15.1. The molecule has 6 nitrogen and oxygen atoms in total. The zero-order chi connectivity index (χ0) is 23.0. The van der Waals surface area contributed by atoms with E-state index in [4.69, 9.17) is 23.2 Å². The Labute approximate surface area is 193 Å². The van der Waals surface area contributed by atoms with Gasteiger partial charge in [-0.15, -0.1) is 10.2 Å². The van der Waals surface area contributed by atoms with Gasteiger partial charge in [-0.05, 0) is 43.3 Å². The van der Waals surface area contributed by atoms with Crippen LogP contribution in [0, 0.1) is 6.92 Å². The molecule has 4 aromatic rings. The molecule has 0 saturated carbocycles. The van der Waals surface area contributed by atoms with Crippen molar-refractivity contribution in [2.24, 2.45) is 0 Å². The molecule has 0 unspecified atom stereocenters. The number of rotatable bonds is 4. The van der Waals surface area contributed by atoms with Crippen molar-refractivity contribution in [1.82, 2.24) is 20.0 Å². The summed E-state index contributed by atoms with van der Waals surface area (Å²) >= 11 is 13.2. The number of benzene rings is 2. The number of nitrogens with zero attached hydrogens (tertiary/aromatic N) is 4. The summed E-state index contributed by atoms with van der Waals surface area (Å²) in [7, 11) is 0. The first kappa shape index (κ1) is 22.3. The molecule has 0 aliphatic heterocycles. The molecule has 0 saturated heterocycles. The lowest BCUT2D eigenvalue weighted by Gasteiger charge is -2.12. The topological polar surface area (TPSA) is 72.7 Å². The zero-order valence-electron chi connectivity index (χ0n) is 16.1. The Balaban J connectivity index is 1.68. The smallest absolute Gasteiger partial charge is 0.330 e. The fourth-order valence-electron chi connectivity index (χ4n) is 2.86. The fourth-order valence-corrected chi connectivity index (χ4v) is 4.10. The summed E-state index contributed by atoms with van der Waals surface area (Å²) < 4.78 is 40.2. The minimum Gasteiger partial charge on any atom is -0.330 e. The van der Waals surface area contributed by atoms with E-state index >= 15 is 0 Å². The Morgan fingerprint density at radius 1 is 1.06 bits per heavy atom. The van der Waals surface area contributed by atoms with Gasteiger partial charge in [0, 0.05) is 22.5 Å². The van der Waals surface area contributed by atoms with Crippen molar-refractivity contribution in [2.75, 3.05) is 5.32 Å². The Hall–Kier alpha value is -2.95. The minimum absolute atomic E-state index is 0.0243. The molecule has 0 aliphatic carbocycles. The first-order valence-electron chi connectivity index (χ1n) is 8.96. The summed E-state index contributed by atoms with van der Waals surface area (Å²) in [6.07, 6.45) is -4.47. The molecule has 0 spiro atoms. The van der Waals surface area contributed by atoms with Crippen LogP contribution in [0.1, 0.15) is 11.3 Å². The SMILES string of the molecule is Cc1cc(=O)c(-c2nnc(Nc3cccc(C(F)(F)F)c3)s2)nn1-c1ccc(Cl)cc1Cl. The van der Waals surface area contributed by atoms with Crippen LogP contribution in [0.3, 0.4) is 0 Å². The summed E-state index contributed by atoms with van der Waals surface area (Å²) in [6, 6.07) is 10.9. The Morgan fingerprint density at radius 3 is 2.56 bits per heavy atom. The van der Waals surface area contributed by atoms with Gasteiger partial charge in [0.2, 0.25) is 10.6 Å². The maximum absolute atomic E-state index is 12.9. The second-order valence-corrected chi connectivity index (χ2v) is 8.44. The third-order valence-corrected chi connectivity index (χ3v) is 5.70. The lowest BCUT2D eigenvalue weighted by atomic mass is 10.2. The van der Waals surface area contributed by atoms with Crippen LogP contribution < -0.4 is 10.7 Å². The van der Waals surface area contributed by atoms with Gasteiger partial charge in [0.25, 0.3) is 0 Å². The third-order valence-electron chi connectivity index (χ3n) is 4.31. The number of anilines is 2. The van der Waals surface area contributed by atoms with Crippen LogP contribution >= 0.6 is 34.5 Å². The van der Waals surface area contributed by atoms with Crippen molar-refractivity contribution in [2.45, 2.75) is 13.1 Å². The molecule has 0 radical (unpaired) electrons. The minimum atomic E-state index is -4.47. The maximum Gasteiger partial charge on any atom is 0.416 e. The van der Waals surface area contributed by atoms with Gasteiger partial charge in [-0.1, -0.05) is 40.6 Å². The molecule has 0 bridgehead atoms. The summed E-state index contributed by atoms with van der Waals surface area (Å²) in [4.78, 5) is 12.5. The van der Waals surface area contributed by atoms with E-state index in [1.807, 2.05) is 0 Å². The van der Waals surface area contributed by atoms with Gasteiger partial charge in [-0.25, -0.2) is 4.68 Å². The summed E-state index contributed by atoms with van der Waals surface area (Å²) in [5.74, 6) is 0. The molecule has 0 amide bonds. The maximum atomic E-state index is 12.9. The van der Waals surface area contributed by atoms with Crippen molar-refractivity contribution in [3.63, 3.8) is 0 Å². The highest BCUT2D eigenvalue weighted by Crippen LogP contribution is 2.32. The molecule has 32 heavy (non-hydrogen) atoms. The average molecular weight is 498 g/mol. The van der Waals surface area contributed by atoms with Gasteiger partial charge in [0.05, 0.1) is 16.3 Å². The lowest BCUT2D eigenvalue weighted by Crippen LogP contribution is -2.16. The summed E-state index contributed by atoms with van der Waals surface area (Å²) in [5.41, 5.74) is 0.0816. The largest absolute Gasteiger partial charge is 0.416 e. The van der Waals surface area contributed by atoms with E-state index in [0.717, 1.165) is 23.5 Å². The molecule has 0 atom stereocenters. The van der Waals surface area contributed by atoms with Crippen molar-refractivity contribution >= 4 is 45.4 Å². The van der Waals surface area contributed by atoms with Gasteiger partial charge < -0.3 is 5.32 Å². The molecule has 2 heterocycles. The van der Waals surface area contributed by atoms with E-state index < -0.39 is 11.7 Å². The molecular weight excluding hydrogens is 486 g/mol. The fraction of sp³-hybridized carbons (Fsp3) is 0.100. The number of alkyl halides is 3. The highest BCUT2D eigenvalue weighted by Gasteiger charge is 2.30. The van der Waals surface area contributed by atoms with Crippen LogP contribution in [-0.2, 0) is 6.18 Å². The van der Waals surface area contributed by atoms with Crippen molar-refractivity contribution in [1.29, 1.82) is 0 Å². The number of aromatic nitrogens is 4. The standard InChI is InChI=1S/C20H12Cl2F3N5OS/c1-10-7-16(31)17(29-30(10)15-6-5-12(21)9-14(15)22)18-27-28-19(32-18)26-13-4-2-3-11(8-13)20(23,24)25/h2-9H,1H3,(H,26,28). The lowest BCUT2D eigenvalue weighted by molar-refractivity contribution is -0.137. The van der Waals surface area contributed by atoms with E-state index in [2.05, 4.69) is 20.6 Å². The van der Waals surface area contributed by atoms with Crippen LogP contribution in [0.4, 0.5) is 24.0 Å². The second kappa shape index (κ2) is 8.53. The number of aryl methyl sites for hydroxylation is 1. The third kappa shape index (κ3) is 4.62. The Morgan fingerprint density at radius 2 is 1.84 bits per heavy atom. The van der Waals surface area contributed by atoms with Crippen molar-refractivity contribution < 1.29 is 13.2 Å². The molecule has 0 aliphatic rings. The number of hydrogen-bond donors (Lipinski definition) is 1. The van der Waals surface area contributed by atoms with E-state index in [-0.39, 0.29) is 26.9 Å². The van der Waals surface area contributed by atoms with E-state index in [0.29, 0.717) is 21.4 Å². The van der Waals surface area contributed by atoms with Gasteiger partial charge >= 0.3 is 6.18 Å². The van der Waals surface area contributed by atoms with Crippen molar-refractivity contribution in [3.8, 4) is 16.4 Å². The van der Waals surface area contributed by atoms with Crippen LogP contribution in [0.25, 0.3) is 16.4 Å². The summed E-state index contributed by atoms with van der Waals surface area (Å²) in [6.45, 7) is 1.70. The molecule has 2 aromatic carbocycles. The molecule has 2 aromatic heterocycles. The van der Waals surface area contributed by atoms with Gasteiger partial charge in [0.15, 0.2) is 10.7 Å². The monoisotopic (exact) mass is 497 g/mol. The van der Waals surface area contributed by atoms with Gasteiger partial charge in [-0.3, -0.25) is 4.79 Å². The van der Waals surface area contributed by atoms with Gasteiger partial charge in [0.1, 0.15) is 0 Å². The highest BCUT2D eigenvalue weighted by atomic mass is 35.5. The van der Waals surface area contributed by atoms with E-state index in [1.165, 1.54) is 22.9 Å². The quantitative estimate of drug-likeness (QED) is 0.367. The summed E-state index contributed by atoms with van der Waals surface area (Å²) in [5, 5.41) is 16.2. The predicted octanol–water partition coefficient (Wildman–Crippen LogP) is 6.13. The van der Waals surface area contributed by atoms with Gasteiger partial charge in [-0.2, -0.15) is 18.3 Å². The Bertz CT molecular complexity index is 1370. The molecule has 12 heteroatoms. The Kier molecular flexibility index (Phi) is 5.93. The molecular formula is C20H12Cl2F3N5OS. The van der Waals surface area contributed by atoms with Crippen LogP contribution in [-0.4, -0.2) is 20.0 Å². The average Bonchev–Trinajstić information content (AvgIpc) is 3.16. The van der Waals surface area contributed by atoms with E-state index in [1.54, 1.807) is 25.1 Å². The van der Waals surface area contributed by atoms with Crippen molar-refractivity contribution in [3.05, 3.63) is 80.1 Å². The molecule has 0 fully saturated rings. The number of hydrogen-bond acceptors (Lipinski definition) is 6. The number of nitrogens with one attached hydrogen (secondary N) is 1. The van der Waals surface area contributed by atoms with E-state index in [9.17, 15) is 18.0 Å². The predicted molar refractivity (Wildman–Crippen MR) is 118 cm³/mol. The second-order valence-electron chi connectivity index (χ2n) is 6.62. The van der Waals surface area contributed by atoms with Crippen LogP contribution in [0.2, 0.25) is 10.0 Å². The molecule has 164 valence electrons. The highest BCUT2D eigenvalue weighted by molar-refractivity contribution is 7.18. The normalized spacial score (nSPS) is 11.6. The van der Waals surface area contributed by atoms with Crippen LogP contribution in [0.5, 0.6) is 0 Å². The van der Waals surface area contributed by atoms with Crippen LogP contribution in [0.15, 0.2) is 53.3 Å². The molecule has 1 N–H and O–H groups in total.